The van der Waals surface area contributed by atoms with Crippen LogP contribution in [-0.4, -0.2) is 50.0 Å². The van der Waals surface area contributed by atoms with Gasteiger partial charge in [-0.25, -0.2) is 12.8 Å². The molecule has 1 fully saturated rings. The number of halogens is 1. The fourth-order valence-corrected chi connectivity index (χ4v) is 6.24. The maximum absolute atomic E-state index is 14.2. The number of carbonyl (C=O) groups is 2. The Morgan fingerprint density at radius 1 is 0.927 bits per heavy atom. The Morgan fingerprint density at radius 2 is 1.56 bits per heavy atom. The number of nitrogens with zero attached hydrogens (tertiary/aromatic N) is 2. The van der Waals surface area contributed by atoms with E-state index >= 15 is 0 Å². The molecule has 3 aromatic carbocycles. The minimum atomic E-state index is -3.85. The fourth-order valence-electron chi connectivity index (χ4n) is 5.36. The lowest BCUT2D eigenvalue weighted by Crippen LogP contribution is -2.54. The lowest BCUT2D eigenvalue weighted by atomic mass is 10.0. The number of hydrogen-bond donors (Lipinski definition) is 1. The number of hydrogen-bond acceptors (Lipinski definition) is 4. The number of nitrogens with one attached hydrogen (secondary N) is 1. The molecule has 0 radical (unpaired) electrons. The highest BCUT2D eigenvalue weighted by Gasteiger charge is 2.34. The average Bonchev–Trinajstić information content (AvgIpc) is 3.47. The van der Waals surface area contributed by atoms with E-state index in [2.05, 4.69) is 5.32 Å². The lowest BCUT2D eigenvalue weighted by Gasteiger charge is -2.34. The zero-order chi connectivity index (χ0) is 29.4. The van der Waals surface area contributed by atoms with Crippen LogP contribution < -0.4 is 9.62 Å². The number of rotatable bonds is 12. The van der Waals surface area contributed by atoms with Gasteiger partial charge in [0.1, 0.15) is 18.4 Å². The molecule has 9 heteroatoms. The minimum absolute atomic E-state index is 0.0156. The summed E-state index contributed by atoms with van der Waals surface area (Å²) in [6, 6.07) is 21.4. The molecule has 1 aliphatic rings. The molecule has 2 amide bonds. The summed E-state index contributed by atoms with van der Waals surface area (Å²) >= 11 is 0. The number of anilines is 1. The Labute approximate surface area is 242 Å². The molecule has 0 heterocycles. The highest BCUT2D eigenvalue weighted by Crippen LogP contribution is 2.25. The van der Waals surface area contributed by atoms with E-state index in [4.69, 9.17) is 0 Å². The molecule has 0 spiro atoms. The normalized spacial score (nSPS) is 14.4. The number of sulfonamides is 1. The number of carbonyl (C=O) groups excluding carboxylic acids is 2. The molecular formula is C32H38FN3O4S. The van der Waals surface area contributed by atoms with Gasteiger partial charge < -0.3 is 10.2 Å². The van der Waals surface area contributed by atoms with Crippen LogP contribution in [0.25, 0.3) is 0 Å². The van der Waals surface area contributed by atoms with Crippen LogP contribution in [0.3, 0.4) is 0 Å². The van der Waals surface area contributed by atoms with Gasteiger partial charge in [0, 0.05) is 19.0 Å². The molecule has 0 aliphatic heterocycles. The summed E-state index contributed by atoms with van der Waals surface area (Å²) in [5.74, 6) is -1.21. The van der Waals surface area contributed by atoms with E-state index < -0.39 is 34.3 Å². The summed E-state index contributed by atoms with van der Waals surface area (Å²) in [7, 11) is -3.85. The number of para-hydroxylation sites is 1. The van der Waals surface area contributed by atoms with Crippen molar-refractivity contribution in [2.75, 3.05) is 17.1 Å². The van der Waals surface area contributed by atoms with Gasteiger partial charge >= 0.3 is 0 Å². The zero-order valence-corrected chi connectivity index (χ0v) is 24.4. The van der Waals surface area contributed by atoms with Gasteiger partial charge in [-0.2, -0.15) is 0 Å². The molecule has 41 heavy (non-hydrogen) atoms. The first kappa shape index (κ1) is 30.2. The molecule has 1 aliphatic carbocycles. The van der Waals surface area contributed by atoms with Crippen molar-refractivity contribution in [1.82, 2.24) is 10.2 Å². The second-order valence-corrected chi connectivity index (χ2v) is 12.5. The predicted molar refractivity (Wildman–Crippen MR) is 159 cm³/mol. The van der Waals surface area contributed by atoms with Crippen molar-refractivity contribution in [2.45, 2.75) is 64.1 Å². The van der Waals surface area contributed by atoms with Gasteiger partial charge in [-0.1, -0.05) is 80.4 Å². The summed E-state index contributed by atoms with van der Waals surface area (Å²) in [6.45, 7) is 1.46. The molecule has 4 rings (SSSR count). The number of aryl methyl sites for hydroxylation is 1. The van der Waals surface area contributed by atoms with Crippen LogP contribution in [0, 0.1) is 5.82 Å². The zero-order valence-electron chi connectivity index (χ0n) is 23.6. The Morgan fingerprint density at radius 3 is 2.20 bits per heavy atom. The molecule has 218 valence electrons. The molecule has 1 atom stereocenters. The molecule has 0 bridgehead atoms. The van der Waals surface area contributed by atoms with Crippen molar-refractivity contribution >= 4 is 27.5 Å². The van der Waals surface area contributed by atoms with Crippen LogP contribution in [0.5, 0.6) is 0 Å². The quantitative estimate of drug-likeness (QED) is 0.332. The largest absolute Gasteiger partial charge is 0.352 e. The van der Waals surface area contributed by atoms with Gasteiger partial charge in [0.15, 0.2) is 0 Å². The second-order valence-electron chi connectivity index (χ2n) is 10.6. The third-order valence-corrected chi connectivity index (χ3v) is 8.69. The predicted octanol–water partition coefficient (Wildman–Crippen LogP) is 4.85. The van der Waals surface area contributed by atoms with Crippen LogP contribution in [0.4, 0.5) is 10.1 Å². The highest BCUT2D eigenvalue weighted by atomic mass is 32.2. The Balaban J connectivity index is 1.73. The molecule has 3 aromatic rings. The van der Waals surface area contributed by atoms with Gasteiger partial charge in [0.25, 0.3) is 0 Å². The van der Waals surface area contributed by atoms with Crippen LogP contribution >= 0.6 is 0 Å². The molecule has 1 N–H and O–H groups in total. The van der Waals surface area contributed by atoms with Crippen LogP contribution in [0.1, 0.15) is 49.3 Å². The van der Waals surface area contributed by atoms with Crippen molar-refractivity contribution < 1.29 is 22.4 Å². The first-order chi connectivity index (χ1) is 19.7. The van der Waals surface area contributed by atoms with Gasteiger partial charge in [0.2, 0.25) is 21.8 Å². The van der Waals surface area contributed by atoms with Gasteiger partial charge in [-0.05, 0) is 54.2 Å². The number of benzene rings is 3. The Hall–Kier alpha value is -3.72. The van der Waals surface area contributed by atoms with Crippen molar-refractivity contribution in [3.8, 4) is 0 Å². The second kappa shape index (κ2) is 13.8. The van der Waals surface area contributed by atoms with Crippen molar-refractivity contribution in [3.63, 3.8) is 0 Å². The molecular weight excluding hydrogens is 541 g/mol. The molecule has 0 unspecified atom stereocenters. The average molecular weight is 580 g/mol. The van der Waals surface area contributed by atoms with Gasteiger partial charge in [0.05, 0.1) is 11.9 Å². The first-order valence-electron chi connectivity index (χ1n) is 14.1. The van der Waals surface area contributed by atoms with E-state index in [1.165, 1.54) is 17.0 Å². The van der Waals surface area contributed by atoms with E-state index in [1.54, 1.807) is 24.3 Å². The molecule has 0 saturated heterocycles. The SMILES string of the molecule is CCc1ccccc1N(CC(=O)N(Cc1ccc(F)cc1)[C@H](Cc1ccccc1)C(=O)NC1CCCC1)S(C)(=O)=O. The monoisotopic (exact) mass is 579 g/mol. The standard InChI is InChI=1S/C32H38FN3O4S/c1-3-26-13-7-10-16-29(26)36(41(2,39)40)23-31(37)35(22-25-17-19-27(33)20-18-25)30(21-24-11-5-4-6-12-24)32(38)34-28-14-8-9-15-28/h4-7,10-13,16-20,28,30H,3,8-9,14-15,21-23H2,1-2H3,(H,34,38)/t30-/m1/s1. The maximum Gasteiger partial charge on any atom is 0.244 e. The van der Waals surface area contributed by atoms with Gasteiger partial charge in [-0.3, -0.25) is 13.9 Å². The maximum atomic E-state index is 14.2. The van der Waals surface area contributed by atoms with Crippen LogP contribution in [0.2, 0.25) is 0 Å². The summed E-state index contributed by atoms with van der Waals surface area (Å²) in [5, 5.41) is 3.14. The van der Waals surface area contributed by atoms with E-state index in [-0.39, 0.29) is 24.9 Å². The van der Waals surface area contributed by atoms with Crippen LogP contribution in [-0.2, 0) is 39.0 Å². The summed E-state index contributed by atoms with van der Waals surface area (Å²) in [4.78, 5) is 29.5. The Bertz CT molecular complexity index is 1420. The van der Waals surface area contributed by atoms with E-state index in [0.717, 1.165) is 47.4 Å². The van der Waals surface area contributed by atoms with Gasteiger partial charge in [-0.15, -0.1) is 0 Å². The molecule has 7 nitrogen and oxygen atoms in total. The third-order valence-electron chi connectivity index (χ3n) is 7.56. The van der Waals surface area contributed by atoms with Crippen molar-refractivity contribution in [3.05, 3.63) is 101 Å². The lowest BCUT2D eigenvalue weighted by molar-refractivity contribution is -0.140. The molecule has 1 saturated carbocycles. The van der Waals surface area contributed by atoms with Crippen molar-refractivity contribution in [2.24, 2.45) is 0 Å². The number of amides is 2. The van der Waals surface area contributed by atoms with Crippen molar-refractivity contribution in [1.29, 1.82) is 0 Å². The van der Waals surface area contributed by atoms with Crippen LogP contribution in [0.15, 0.2) is 78.9 Å². The summed E-state index contributed by atoms with van der Waals surface area (Å²) < 4.78 is 40.9. The third kappa shape index (κ3) is 8.16. The van der Waals surface area contributed by atoms with E-state index in [0.29, 0.717) is 17.7 Å². The van der Waals surface area contributed by atoms with E-state index in [1.807, 2.05) is 49.4 Å². The first-order valence-corrected chi connectivity index (χ1v) is 15.9. The highest BCUT2D eigenvalue weighted by molar-refractivity contribution is 7.92. The smallest absolute Gasteiger partial charge is 0.244 e. The van der Waals surface area contributed by atoms with E-state index in [9.17, 15) is 22.4 Å². The summed E-state index contributed by atoms with van der Waals surface area (Å²) in [5.41, 5.74) is 2.72. The topological polar surface area (TPSA) is 86.8 Å². The Kier molecular flexibility index (Phi) is 10.2. The molecule has 0 aromatic heterocycles. The fraction of sp³-hybridized carbons (Fsp3) is 0.375. The summed E-state index contributed by atoms with van der Waals surface area (Å²) in [6.07, 6.45) is 5.73. The minimum Gasteiger partial charge on any atom is -0.352 e.